The van der Waals surface area contributed by atoms with Crippen LogP contribution < -0.4 is 10.6 Å². The predicted octanol–water partition coefficient (Wildman–Crippen LogP) is 1.97. The Hall–Kier alpha value is -2.45. The van der Waals surface area contributed by atoms with E-state index in [0.717, 1.165) is 32.4 Å². The van der Waals surface area contributed by atoms with Crippen LogP contribution in [0.15, 0.2) is 24.3 Å². The van der Waals surface area contributed by atoms with Gasteiger partial charge in [-0.25, -0.2) is 0 Å². The van der Waals surface area contributed by atoms with Crippen molar-refractivity contribution in [3.63, 3.8) is 0 Å². The number of likely N-dealkylation sites (tertiary alicyclic amines) is 1. The van der Waals surface area contributed by atoms with E-state index in [9.17, 15) is 14.4 Å². The Morgan fingerprint density at radius 1 is 1.13 bits per heavy atom. The standard InChI is InChI=1S/C23H36N4O4/c1-17(2)31-15-5-12-24-22(29)18-10-13-27(14-11-18)16-21(28)25-20-8-6-19(7-9-20)23(30)26(3)4/h6-9,17-18H,5,10-16H2,1-4H3,(H,24,29)(H,25,28). The molecule has 31 heavy (non-hydrogen) atoms. The second-order valence-electron chi connectivity index (χ2n) is 8.44. The van der Waals surface area contributed by atoms with Gasteiger partial charge >= 0.3 is 0 Å². The lowest BCUT2D eigenvalue weighted by molar-refractivity contribution is -0.126. The molecule has 8 heteroatoms. The van der Waals surface area contributed by atoms with Gasteiger partial charge in [-0.15, -0.1) is 0 Å². The fourth-order valence-corrected chi connectivity index (χ4v) is 3.46. The number of nitrogens with zero attached hydrogens (tertiary/aromatic N) is 2. The summed E-state index contributed by atoms with van der Waals surface area (Å²) in [6.45, 7) is 7.01. The number of amides is 3. The quantitative estimate of drug-likeness (QED) is 0.552. The Kier molecular flexibility index (Phi) is 9.94. The molecular weight excluding hydrogens is 396 g/mol. The molecule has 1 aliphatic rings. The largest absolute Gasteiger partial charge is 0.379 e. The van der Waals surface area contributed by atoms with Crippen molar-refractivity contribution in [1.29, 1.82) is 0 Å². The first-order valence-electron chi connectivity index (χ1n) is 11.0. The third-order valence-corrected chi connectivity index (χ3v) is 5.22. The second-order valence-corrected chi connectivity index (χ2v) is 8.44. The number of ether oxygens (including phenoxy) is 1. The third kappa shape index (κ3) is 8.67. The van der Waals surface area contributed by atoms with Crippen molar-refractivity contribution in [2.75, 3.05) is 52.2 Å². The summed E-state index contributed by atoms with van der Waals surface area (Å²) in [6.07, 6.45) is 2.53. The van der Waals surface area contributed by atoms with Crippen molar-refractivity contribution in [3.05, 3.63) is 29.8 Å². The Bertz CT molecular complexity index is 726. The molecule has 0 atom stereocenters. The summed E-state index contributed by atoms with van der Waals surface area (Å²) >= 11 is 0. The first-order chi connectivity index (χ1) is 14.8. The van der Waals surface area contributed by atoms with E-state index in [2.05, 4.69) is 15.5 Å². The molecule has 1 aromatic rings. The number of piperidine rings is 1. The van der Waals surface area contributed by atoms with Gasteiger partial charge in [0.2, 0.25) is 11.8 Å². The van der Waals surface area contributed by atoms with E-state index in [-0.39, 0.29) is 29.7 Å². The molecule has 1 aromatic carbocycles. The van der Waals surface area contributed by atoms with Crippen molar-refractivity contribution in [2.24, 2.45) is 5.92 Å². The summed E-state index contributed by atoms with van der Waals surface area (Å²) in [6, 6.07) is 6.88. The lowest BCUT2D eigenvalue weighted by Gasteiger charge is -2.30. The number of nitrogens with one attached hydrogen (secondary N) is 2. The van der Waals surface area contributed by atoms with Crippen LogP contribution in [0.25, 0.3) is 0 Å². The summed E-state index contributed by atoms with van der Waals surface area (Å²) < 4.78 is 5.48. The summed E-state index contributed by atoms with van der Waals surface area (Å²) in [4.78, 5) is 40.2. The summed E-state index contributed by atoms with van der Waals surface area (Å²) in [5.74, 6) is -0.0680. The van der Waals surface area contributed by atoms with Crippen molar-refractivity contribution in [2.45, 2.75) is 39.2 Å². The zero-order valence-electron chi connectivity index (χ0n) is 19.1. The van der Waals surface area contributed by atoms with Crippen molar-refractivity contribution in [3.8, 4) is 0 Å². The number of hydrogen-bond acceptors (Lipinski definition) is 5. The molecule has 172 valence electrons. The number of carbonyl (C=O) groups excluding carboxylic acids is 3. The Balaban J connectivity index is 1.67. The van der Waals surface area contributed by atoms with Crippen LogP contribution in [0.2, 0.25) is 0 Å². The lowest BCUT2D eigenvalue weighted by atomic mass is 9.96. The van der Waals surface area contributed by atoms with Gasteiger partial charge in [0.1, 0.15) is 0 Å². The molecule has 0 aliphatic carbocycles. The molecule has 0 radical (unpaired) electrons. The van der Waals surface area contributed by atoms with Gasteiger partial charge in [0.15, 0.2) is 0 Å². The van der Waals surface area contributed by atoms with Gasteiger partial charge in [-0.2, -0.15) is 0 Å². The molecule has 0 spiro atoms. The van der Waals surface area contributed by atoms with E-state index in [1.54, 1.807) is 38.4 Å². The van der Waals surface area contributed by atoms with E-state index < -0.39 is 0 Å². The summed E-state index contributed by atoms with van der Waals surface area (Å²) in [7, 11) is 3.40. The molecular formula is C23H36N4O4. The maximum absolute atomic E-state index is 12.4. The minimum absolute atomic E-state index is 0.00658. The number of carbonyl (C=O) groups is 3. The maximum atomic E-state index is 12.4. The minimum atomic E-state index is -0.0975. The first kappa shape index (κ1) is 24.8. The van der Waals surface area contributed by atoms with Crippen LogP contribution in [-0.2, 0) is 14.3 Å². The monoisotopic (exact) mass is 432 g/mol. The highest BCUT2D eigenvalue weighted by Crippen LogP contribution is 2.17. The average Bonchev–Trinajstić information content (AvgIpc) is 2.73. The van der Waals surface area contributed by atoms with Crippen molar-refractivity contribution < 1.29 is 19.1 Å². The van der Waals surface area contributed by atoms with Crippen LogP contribution in [-0.4, -0.2) is 80.5 Å². The zero-order valence-corrected chi connectivity index (χ0v) is 19.1. The van der Waals surface area contributed by atoms with Crippen LogP contribution in [0.4, 0.5) is 5.69 Å². The second kappa shape index (κ2) is 12.4. The van der Waals surface area contributed by atoms with Gasteiger partial charge in [-0.3, -0.25) is 19.3 Å². The molecule has 2 N–H and O–H groups in total. The Morgan fingerprint density at radius 2 is 1.77 bits per heavy atom. The fourth-order valence-electron chi connectivity index (χ4n) is 3.46. The van der Waals surface area contributed by atoms with E-state index in [1.807, 2.05) is 13.8 Å². The molecule has 0 bridgehead atoms. The number of hydrogen-bond donors (Lipinski definition) is 2. The molecule has 0 saturated carbocycles. The van der Waals surface area contributed by atoms with Gasteiger partial charge in [0.25, 0.3) is 5.91 Å². The molecule has 2 rings (SSSR count). The summed E-state index contributed by atoms with van der Waals surface area (Å²) in [5, 5.41) is 5.86. The molecule has 8 nitrogen and oxygen atoms in total. The van der Waals surface area contributed by atoms with E-state index in [1.165, 1.54) is 4.90 Å². The van der Waals surface area contributed by atoms with E-state index >= 15 is 0 Å². The van der Waals surface area contributed by atoms with Gasteiger partial charge < -0.3 is 20.3 Å². The van der Waals surface area contributed by atoms with Gasteiger partial charge in [-0.1, -0.05) is 0 Å². The third-order valence-electron chi connectivity index (χ3n) is 5.22. The highest BCUT2D eigenvalue weighted by atomic mass is 16.5. The van der Waals surface area contributed by atoms with Crippen LogP contribution in [0, 0.1) is 5.92 Å². The van der Waals surface area contributed by atoms with Crippen LogP contribution in [0.5, 0.6) is 0 Å². The Labute approximate surface area is 185 Å². The number of benzene rings is 1. The molecule has 0 aromatic heterocycles. The predicted molar refractivity (Wildman–Crippen MR) is 121 cm³/mol. The fraction of sp³-hybridized carbons (Fsp3) is 0.609. The Morgan fingerprint density at radius 3 is 2.35 bits per heavy atom. The molecule has 1 fully saturated rings. The number of anilines is 1. The smallest absolute Gasteiger partial charge is 0.253 e. The van der Waals surface area contributed by atoms with Gasteiger partial charge in [0.05, 0.1) is 12.6 Å². The van der Waals surface area contributed by atoms with Crippen LogP contribution >= 0.6 is 0 Å². The SMILES string of the molecule is CC(C)OCCCNC(=O)C1CCN(CC(=O)Nc2ccc(C(=O)N(C)C)cc2)CC1. The number of rotatable bonds is 10. The minimum Gasteiger partial charge on any atom is -0.379 e. The van der Waals surface area contributed by atoms with E-state index in [4.69, 9.17) is 4.74 Å². The van der Waals surface area contributed by atoms with Crippen molar-refractivity contribution in [1.82, 2.24) is 15.1 Å². The van der Waals surface area contributed by atoms with Crippen molar-refractivity contribution >= 4 is 23.4 Å². The van der Waals surface area contributed by atoms with Crippen LogP contribution in [0.3, 0.4) is 0 Å². The lowest BCUT2D eigenvalue weighted by Crippen LogP contribution is -2.43. The molecule has 1 saturated heterocycles. The zero-order chi connectivity index (χ0) is 22.8. The topological polar surface area (TPSA) is 91.0 Å². The molecule has 0 unspecified atom stereocenters. The van der Waals surface area contributed by atoms with E-state index in [0.29, 0.717) is 30.9 Å². The average molecular weight is 433 g/mol. The first-order valence-corrected chi connectivity index (χ1v) is 11.0. The highest BCUT2D eigenvalue weighted by molar-refractivity contribution is 5.96. The maximum Gasteiger partial charge on any atom is 0.253 e. The summed E-state index contributed by atoms with van der Waals surface area (Å²) in [5.41, 5.74) is 1.24. The molecule has 3 amide bonds. The molecule has 1 aliphatic heterocycles. The van der Waals surface area contributed by atoms with Crippen LogP contribution in [0.1, 0.15) is 43.5 Å². The normalized spacial score (nSPS) is 15.0. The van der Waals surface area contributed by atoms with Gasteiger partial charge in [-0.05, 0) is 70.5 Å². The molecule has 1 heterocycles. The van der Waals surface area contributed by atoms with Gasteiger partial charge in [0, 0.05) is 44.4 Å². The highest BCUT2D eigenvalue weighted by Gasteiger charge is 2.25.